The fourth-order valence-corrected chi connectivity index (χ4v) is 3.27. The van der Waals surface area contributed by atoms with Gasteiger partial charge in [0.15, 0.2) is 12.0 Å². The summed E-state index contributed by atoms with van der Waals surface area (Å²) in [5.74, 6) is 0.0279. The van der Waals surface area contributed by atoms with E-state index in [1.54, 1.807) is 0 Å². The van der Waals surface area contributed by atoms with Crippen LogP contribution in [0.25, 0.3) is 16.9 Å². The summed E-state index contributed by atoms with van der Waals surface area (Å²) in [5, 5.41) is 0. The second-order valence-electron chi connectivity index (χ2n) is 7.07. The van der Waals surface area contributed by atoms with Gasteiger partial charge in [0.2, 0.25) is 11.4 Å². The van der Waals surface area contributed by atoms with E-state index in [1.165, 1.54) is 5.56 Å². The van der Waals surface area contributed by atoms with Crippen molar-refractivity contribution in [3.8, 4) is 16.9 Å². The van der Waals surface area contributed by atoms with Gasteiger partial charge in [-0.25, -0.2) is 0 Å². The Kier molecular flexibility index (Phi) is 4.86. The molecule has 0 spiro atoms. The minimum atomic E-state index is 0.0279. The number of ketones is 1. The molecule has 0 saturated heterocycles. The minimum absolute atomic E-state index is 0.0279. The van der Waals surface area contributed by atoms with E-state index in [9.17, 15) is 4.79 Å². The smallest absolute Gasteiger partial charge is 0.218 e. The lowest BCUT2D eigenvalue weighted by molar-refractivity contribution is -0.584. The molecule has 0 N–H and O–H groups in total. The molecule has 1 heterocycles. The Hall–Kier alpha value is -3.52. The molecule has 3 aromatic carbocycles. The van der Waals surface area contributed by atoms with Crippen molar-refractivity contribution in [3.05, 3.63) is 119 Å². The van der Waals surface area contributed by atoms with Gasteiger partial charge in [-0.1, -0.05) is 65.7 Å². The van der Waals surface area contributed by atoms with Crippen LogP contribution < -0.4 is 4.57 Å². The fourth-order valence-electron chi connectivity index (χ4n) is 3.27. The van der Waals surface area contributed by atoms with Gasteiger partial charge in [-0.3, -0.25) is 4.79 Å². The van der Waals surface area contributed by atoms with E-state index in [2.05, 4.69) is 47.9 Å². The summed E-state index contributed by atoms with van der Waals surface area (Å²) in [5.41, 5.74) is 6.93. The Morgan fingerprint density at radius 1 is 0.643 bits per heavy atom. The van der Waals surface area contributed by atoms with Crippen LogP contribution in [-0.2, 0) is 0 Å². The van der Waals surface area contributed by atoms with Crippen LogP contribution >= 0.6 is 0 Å². The first-order valence-corrected chi connectivity index (χ1v) is 9.41. The van der Waals surface area contributed by atoms with E-state index in [4.69, 9.17) is 0 Å². The molecule has 0 unspecified atom stereocenters. The lowest BCUT2D eigenvalue weighted by atomic mass is 10.0. The largest absolute Gasteiger partial charge is 0.288 e. The predicted molar refractivity (Wildman–Crippen MR) is 113 cm³/mol. The third-order valence-corrected chi connectivity index (χ3v) is 4.91. The molecule has 136 valence electrons. The van der Waals surface area contributed by atoms with Gasteiger partial charge in [-0.05, 0) is 32.0 Å². The third-order valence-electron chi connectivity index (χ3n) is 4.91. The van der Waals surface area contributed by atoms with Gasteiger partial charge in [0, 0.05) is 29.3 Å². The standard InChI is InChI=1S/C26H22NO/c1-19-8-12-21(13-9-19)25-17-16-23(18-27(25)24-6-4-3-5-7-24)26(28)22-14-10-20(2)11-15-22/h3-18H,1-2H3/q+1. The number of pyridine rings is 1. The molecule has 2 heteroatoms. The molecule has 0 aliphatic carbocycles. The number of benzene rings is 3. The number of aryl methyl sites for hydroxylation is 2. The van der Waals surface area contributed by atoms with Crippen LogP contribution in [0.15, 0.2) is 97.2 Å². The molecule has 28 heavy (non-hydrogen) atoms. The van der Waals surface area contributed by atoms with Crippen molar-refractivity contribution in [2.75, 3.05) is 0 Å². The van der Waals surface area contributed by atoms with E-state index in [0.29, 0.717) is 11.1 Å². The molecular weight excluding hydrogens is 342 g/mol. The first-order valence-electron chi connectivity index (χ1n) is 9.41. The molecule has 0 saturated carbocycles. The Labute approximate surface area is 165 Å². The molecular formula is C26H22NO+. The summed E-state index contributed by atoms with van der Waals surface area (Å²) in [4.78, 5) is 13.0. The highest BCUT2D eigenvalue weighted by Gasteiger charge is 2.20. The van der Waals surface area contributed by atoms with Gasteiger partial charge in [0.25, 0.3) is 0 Å². The second-order valence-corrected chi connectivity index (χ2v) is 7.07. The van der Waals surface area contributed by atoms with Crippen molar-refractivity contribution in [2.24, 2.45) is 0 Å². The van der Waals surface area contributed by atoms with Crippen molar-refractivity contribution in [2.45, 2.75) is 13.8 Å². The minimum Gasteiger partial charge on any atom is -0.288 e. The quantitative estimate of drug-likeness (QED) is 0.347. The lowest BCUT2D eigenvalue weighted by Gasteiger charge is -2.07. The molecule has 0 atom stereocenters. The maximum Gasteiger partial charge on any atom is 0.218 e. The number of para-hydroxylation sites is 1. The zero-order valence-corrected chi connectivity index (χ0v) is 16.1. The van der Waals surface area contributed by atoms with Crippen molar-refractivity contribution in [3.63, 3.8) is 0 Å². The van der Waals surface area contributed by atoms with Gasteiger partial charge < -0.3 is 0 Å². The molecule has 4 rings (SSSR count). The highest BCUT2D eigenvalue weighted by molar-refractivity contribution is 6.08. The van der Waals surface area contributed by atoms with Crippen LogP contribution in [0.3, 0.4) is 0 Å². The Morgan fingerprint density at radius 3 is 1.86 bits per heavy atom. The van der Waals surface area contributed by atoms with Crippen LogP contribution in [0.4, 0.5) is 0 Å². The topological polar surface area (TPSA) is 20.9 Å². The van der Waals surface area contributed by atoms with Crippen molar-refractivity contribution < 1.29 is 9.36 Å². The predicted octanol–water partition coefficient (Wildman–Crippen LogP) is 5.48. The van der Waals surface area contributed by atoms with E-state index in [0.717, 1.165) is 22.5 Å². The van der Waals surface area contributed by atoms with Gasteiger partial charge in [0.1, 0.15) is 0 Å². The summed E-state index contributed by atoms with van der Waals surface area (Å²) in [6, 6.07) is 30.2. The summed E-state index contributed by atoms with van der Waals surface area (Å²) in [7, 11) is 0. The number of carbonyl (C=O) groups is 1. The summed E-state index contributed by atoms with van der Waals surface area (Å²) in [6.45, 7) is 4.10. The molecule has 0 amide bonds. The lowest BCUT2D eigenvalue weighted by Crippen LogP contribution is -2.34. The van der Waals surface area contributed by atoms with Crippen LogP contribution in [-0.4, -0.2) is 5.78 Å². The first kappa shape index (κ1) is 17.9. The average Bonchev–Trinajstić information content (AvgIpc) is 2.75. The van der Waals surface area contributed by atoms with E-state index in [1.807, 2.05) is 67.7 Å². The first-order chi connectivity index (χ1) is 13.6. The molecule has 0 radical (unpaired) electrons. The monoisotopic (exact) mass is 364 g/mol. The van der Waals surface area contributed by atoms with Gasteiger partial charge >= 0.3 is 0 Å². The number of hydrogen-bond acceptors (Lipinski definition) is 1. The van der Waals surface area contributed by atoms with Crippen LogP contribution in [0, 0.1) is 13.8 Å². The number of nitrogens with zero attached hydrogens (tertiary/aromatic N) is 1. The molecule has 0 fully saturated rings. The SMILES string of the molecule is Cc1ccc(C(=O)c2ccc(-c3ccc(C)cc3)[n+](-c3ccccc3)c2)cc1. The van der Waals surface area contributed by atoms with Crippen molar-refractivity contribution >= 4 is 5.78 Å². The van der Waals surface area contributed by atoms with Crippen molar-refractivity contribution in [1.82, 2.24) is 0 Å². The average molecular weight is 364 g/mol. The second kappa shape index (κ2) is 7.61. The zero-order valence-electron chi connectivity index (χ0n) is 16.1. The summed E-state index contributed by atoms with van der Waals surface area (Å²) in [6.07, 6.45) is 1.94. The molecule has 4 aromatic rings. The van der Waals surface area contributed by atoms with Gasteiger partial charge in [0.05, 0.1) is 5.56 Å². The number of rotatable bonds is 4. The fraction of sp³-hybridized carbons (Fsp3) is 0.0769. The number of carbonyl (C=O) groups excluding carboxylic acids is 1. The van der Waals surface area contributed by atoms with E-state index >= 15 is 0 Å². The Balaban J connectivity index is 1.84. The Bertz CT molecular complexity index is 1110. The maximum atomic E-state index is 13.0. The normalized spacial score (nSPS) is 10.6. The molecule has 0 aliphatic rings. The number of aromatic nitrogens is 1. The van der Waals surface area contributed by atoms with Gasteiger partial charge in [-0.2, -0.15) is 4.57 Å². The zero-order chi connectivity index (χ0) is 19.5. The third kappa shape index (κ3) is 3.63. The van der Waals surface area contributed by atoms with Crippen LogP contribution in [0.5, 0.6) is 0 Å². The molecule has 1 aromatic heterocycles. The van der Waals surface area contributed by atoms with Crippen LogP contribution in [0.2, 0.25) is 0 Å². The van der Waals surface area contributed by atoms with Crippen molar-refractivity contribution in [1.29, 1.82) is 0 Å². The Morgan fingerprint density at radius 2 is 1.21 bits per heavy atom. The molecule has 2 nitrogen and oxygen atoms in total. The number of hydrogen-bond donors (Lipinski definition) is 0. The maximum absolute atomic E-state index is 13.0. The van der Waals surface area contributed by atoms with E-state index in [-0.39, 0.29) is 5.78 Å². The molecule has 0 bridgehead atoms. The highest BCUT2D eigenvalue weighted by atomic mass is 16.1. The summed E-state index contributed by atoms with van der Waals surface area (Å²) >= 11 is 0. The van der Waals surface area contributed by atoms with Gasteiger partial charge in [-0.15, -0.1) is 0 Å². The van der Waals surface area contributed by atoms with E-state index < -0.39 is 0 Å². The molecule has 0 aliphatic heterocycles. The highest BCUT2D eigenvalue weighted by Crippen LogP contribution is 2.20. The van der Waals surface area contributed by atoms with Crippen LogP contribution in [0.1, 0.15) is 27.0 Å². The summed E-state index contributed by atoms with van der Waals surface area (Å²) < 4.78 is 2.09.